The van der Waals surface area contributed by atoms with Gasteiger partial charge in [-0.05, 0) is 30.5 Å². The van der Waals surface area contributed by atoms with Crippen LogP contribution in [-0.4, -0.2) is 15.7 Å². The van der Waals surface area contributed by atoms with Gasteiger partial charge in [0.1, 0.15) is 16.2 Å². The van der Waals surface area contributed by atoms with Crippen molar-refractivity contribution in [3.05, 3.63) is 46.5 Å². The minimum absolute atomic E-state index is 0.0706. The second-order valence-corrected chi connectivity index (χ2v) is 7.07. The zero-order valence-corrected chi connectivity index (χ0v) is 13.8. The Kier molecular flexibility index (Phi) is 4.31. The number of nitrogens with zero attached hydrogens (tertiary/aromatic N) is 1. The molecule has 0 bridgehead atoms. The molecule has 0 fully saturated rings. The minimum atomic E-state index is -0.0706. The van der Waals surface area contributed by atoms with Crippen molar-refractivity contribution in [2.75, 3.05) is 5.75 Å². The maximum atomic E-state index is 6.07. The number of thioether (sulfide) groups is 1. The SMILES string of the molecule is CC(C)Cc1cc(=S)nc(C2CSc3ccccc3O2)[nH]1. The molecule has 1 aromatic carbocycles. The molecule has 2 aromatic rings. The van der Waals surface area contributed by atoms with Gasteiger partial charge in [0.15, 0.2) is 6.10 Å². The zero-order valence-electron chi connectivity index (χ0n) is 12.1. The Morgan fingerprint density at radius 1 is 1.43 bits per heavy atom. The van der Waals surface area contributed by atoms with E-state index in [1.54, 1.807) is 11.8 Å². The van der Waals surface area contributed by atoms with Gasteiger partial charge >= 0.3 is 0 Å². The van der Waals surface area contributed by atoms with Gasteiger partial charge in [0.25, 0.3) is 0 Å². The normalized spacial score (nSPS) is 17.4. The molecule has 5 heteroatoms. The van der Waals surface area contributed by atoms with Gasteiger partial charge in [-0.25, -0.2) is 4.98 Å². The summed E-state index contributed by atoms with van der Waals surface area (Å²) in [5.41, 5.74) is 1.13. The van der Waals surface area contributed by atoms with Gasteiger partial charge in [-0.2, -0.15) is 0 Å². The smallest absolute Gasteiger partial charge is 0.165 e. The summed E-state index contributed by atoms with van der Waals surface area (Å²) in [6, 6.07) is 10.1. The van der Waals surface area contributed by atoms with Crippen LogP contribution in [0.15, 0.2) is 35.2 Å². The highest BCUT2D eigenvalue weighted by Crippen LogP contribution is 2.39. The second-order valence-electron chi connectivity index (χ2n) is 5.59. The van der Waals surface area contributed by atoms with E-state index in [0.29, 0.717) is 10.6 Å². The standard InChI is InChI=1S/C16H18N2OS2/c1-10(2)7-11-8-15(20)18-16(17-11)13-9-21-14-6-4-3-5-12(14)19-13/h3-6,8,10,13H,7,9H2,1-2H3,(H,17,18,20). The molecule has 3 nitrogen and oxygen atoms in total. The second kappa shape index (κ2) is 6.20. The van der Waals surface area contributed by atoms with Crippen LogP contribution in [0.3, 0.4) is 0 Å². The summed E-state index contributed by atoms with van der Waals surface area (Å²) in [5, 5.41) is 0. The van der Waals surface area contributed by atoms with E-state index < -0.39 is 0 Å². The van der Waals surface area contributed by atoms with E-state index in [4.69, 9.17) is 17.0 Å². The minimum Gasteiger partial charge on any atom is -0.480 e. The molecule has 1 unspecified atom stereocenters. The van der Waals surface area contributed by atoms with Crippen molar-refractivity contribution < 1.29 is 4.74 Å². The van der Waals surface area contributed by atoms with Crippen molar-refractivity contribution in [1.29, 1.82) is 0 Å². The van der Waals surface area contributed by atoms with Crippen LogP contribution in [0.5, 0.6) is 5.75 Å². The number of nitrogens with one attached hydrogen (secondary N) is 1. The molecule has 0 aliphatic carbocycles. The summed E-state index contributed by atoms with van der Waals surface area (Å²) in [6.45, 7) is 4.39. The third-order valence-electron chi connectivity index (χ3n) is 3.26. The molecule has 0 amide bonds. The monoisotopic (exact) mass is 318 g/mol. The average Bonchev–Trinajstić information content (AvgIpc) is 2.45. The number of benzene rings is 1. The van der Waals surface area contributed by atoms with Gasteiger partial charge in [0.05, 0.1) is 0 Å². The third kappa shape index (κ3) is 3.47. The number of hydrogen-bond acceptors (Lipinski definition) is 4. The molecule has 1 aromatic heterocycles. The summed E-state index contributed by atoms with van der Waals surface area (Å²) in [4.78, 5) is 9.05. The molecule has 0 spiro atoms. The quantitative estimate of drug-likeness (QED) is 0.842. The van der Waals surface area contributed by atoms with Gasteiger partial charge in [-0.1, -0.05) is 38.2 Å². The molecular weight excluding hydrogens is 300 g/mol. The van der Waals surface area contributed by atoms with Gasteiger partial charge in [-0.15, -0.1) is 11.8 Å². The lowest BCUT2D eigenvalue weighted by atomic mass is 10.1. The van der Waals surface area contributed by atoms with Crippen molar-refractivity contribution in [3.8, 4) is 5.75 Å². The van der Waals surface area contributed by atoms with E-state index >= 15 is 0 Å². The number of para-hydroxylation sites is 1. The maximum Gasteiger partial charge on any atom is 0.165 e. The summed E-state index contributed by atoms with van der Waals surface area (Å²) in [5.74, 6) is 3.18. The molecule has 110 valence electrons. The molecule has 0 saturated carbocycles. The van der Waals surface area contributed by atoms with E-state index in [1.807, 2.05) is 24.3 Å². The predicted octanol–water partition coefficient (Wildman–Crippen LogP) is 4.56. The van der Waals surface area contributed by atoms with E-state index in [0.717, 1.165) is 29.4 Å². The van der Waals surface area contributed by atoms with Crippen LogP contribution in [0.1, 0.15) is 31.5 Å². The summed E-state index contributed by atoms with van der Waals surface area (Å²) >= 11 is 7.09. The first-order chi connectivity index (χ1) is 10.1. The molecule has 0 saturated heterocycles. The van der Waals surface area contributed by atoms with E-state index in [-0.39, 0.29) is 6.10 Å². The fourth-order valence-electron chi connectivity index (χ4n) is 2.39. The Balaban J connectivity index is 1.88. The molecule has 3 rings (SSSR count). The number of H-pyrrole nitrogens is 1. The summed E-state index contributed by atoms with van der Waals surface area (Å²) in [7, 11) is 0. The predicted molar refractivity (Wildman–Crippen MR) is 88.5 cm³/mol. The molecular formula is C16H18N2OS2. The van der Waals surface area contributed by atoms with Crippen LogP contribution < -0.4 is 4.74 Å². The molecule has 0 radical (unpaired) electrons. The van der Waals surface area contributed by atoms with Crippen molar-refractivity contribution in [2.24, 2.45) is 5.92 Å². The van der Waals surface area contributed by atoms with E-state index in [1.165, 1.54) is 4.90 Å². The van der Waals surface area contributed by atoms with Gasteiger partial charge in [0, 0.05) is 16.3 Å². The highest BCUT2D eigenvalue weighted by Gasteiger charge is 2.23. The number of aromatic amines is 1. The lowest BCUT2D eigenvalue weighted by molar-refractivity contribution is 0.209. The molecule has 1 N–H and O–H groups in total. The van der Waals surface area contributed by atoms with Crippen molar-refractivity contribution >= 4 is 24.0 Å². The Labute approximate surface area is 134 Å². The Hall–Kier alpha value is -1.33. The fraction of sp³-hybridized carbons (Fsp3) is 0.375. The van der Waals surface area contributed by atoms with Crippen LogP contribution >= 0.6 is 24.0 Å². The number of aromatic nitrogens is 2. The summed E-state index contributed by atoms with van der Waals surface area (Å²) < 4.78 is 6.70. The molecule has 1 aliphatic heterocycles. The molecule has 1 aliphatic rings. The average molecular weight is 318 g/mol. The third-order valence-corrected chi connectivity index (χ3v) is 4.59. The van der Waals surface area contributed by atoms with Crippen molar-refractivity contribution in [2.45, 2.75) is 31.3 Å². The van der Waals surface area contributed by atoms with Crippen LogP contribution in [0.4, 0.5) is 0 Å². The van der Waals surface area contributed by atoms with Crippen molar-refractivity contribution in [1.82, 2.24) is 9.97 Å². The molecule has 1 atom stereocenters. The largest absolute Gasteiger partial charge is 0.480 e. The van der Waals surface area contributed by atoms with Gasteiger partial charge in [0.2, 0.25) is 0 Å². The van der Waals surface area contributed by atoms with Crippen molar-refractivity contribution in [3.63, 3.8) is 0 Å². The maximum absolute atomic E-state index is 6.07. The number of ether oxygens (including phenoxy) is 1. The topological polar surface area (TPSA) is 37.9 Å². The van der Waals surface area contributed by atoms with Crippen LogP contribution in [0, 0.1) is 10.6 Å². The Morgan fingerprint density at radius 3 is 3.05 bits per heavy atom. The first kappa shape index (κ1) is 14.6. The number of rotatable bonds is 3. The zero-order chi connectivity index (χ0) is 14.8. The fourth-order valence-corrected chi connectivity index (χ4v) is 3.62. The first-order valence-corrected chi connectivity index (χ1v) is 8.50. The highest BCUT2D eigenvalue weighted by molar-refractivity contribution is 7.99. The van der Waals surface area contributed by atoms with Gasteiger partial charge < -0.3 is 9.72 Å². The van der Waals surface area contributed by atoms with E-state index in [9.17, 15) is 0 Å². The molecule has 21 heavy (non-hydrogen) atoms. The number of fused-ring (bicyclic) bond motifs is 1. The summed E-state index contributed by atoms with van der Waals surface area (Å²) in [6.07, 6.45) is 0.897. The Morgan fingerprint density at radius 2 is 2.24 bits per heavy atom. The van der Waals surface area contributed by atoms with E-state index in [2.05, 4.69) is 29.9 Å². The first-order valence-electron chi connectivity index (χ1n) is 7.10. The lowest BCUT2D eigenvalue weighted by Crippen LogP contribution is -2.18. The lowest BCUT2D eigenvalue weighted by Gasteiger charge is -2.25. The highest BCUT2D eigenvalue weighted by atomic mass is 32.2. The van der Waals surface area contributed by atoms with Crippen LogP contribution in [0.2, 0.25) is 0 Å². The van der Waals surface area contributed by atoms with Gasteiger partial charge in [-0.3, -0.25) is 0 Å². The number of hydrogen-bond donors (Lipinski definition) is 1. The molecule has 2 heterocycles. The Bertz CT molecular complexity index is 697. The van der Waals surface area contributed by atoms with Crippen LogP contribution in [0.25, 0.3) is 0 Å². The van der Waals surface area contributed by atoms with Crippen LogP contribution in [-0.2, 0) is 6.42 Å².